The van der Waals surface area contributed by atoms with Gasteiger partial charge in [0.1, 0.15) is 0 Å². The van der Waals surface area contributed by atoms with Gasteiger partial charge in [-0.1, -0.05) is 25.4 Å². The number of rotatable bonds is 4. The number of hydrogen-bond donors (Lipinski definition) is 1. The number of aromatic nitrogens is 2. The molecule has 0 aliphatic rings. The van der Waals surface area contributed by atoms with Crippen molar-refractivity contribution in [2.45, 2.75) is 39.8 Å². The first-order chi connectivity index (χ1) is 6.52. The summed E-state index contributed by atoms with van der Waals surface area (Å²) in [6, 6.07) is 0.841. The van der Waals surface area contributed by atoms with Gasteiger partial charge in [-0.3, -0.25) is 4.68 Å². The van der Waals surface area contributed by atoms with Gasteiger partial charge in [0.15, 0.2) is 0 Å². The molecular weight excluding hydrogens is 198 g/mol. The Labute approximate surface area is 90.4 Å². The first-order valence-corrected chi connectivity index (χ1v) is 5.33. The summed E-state index contributed by atoms with van der Waals surface area (Å²) in [5.41, 5.74) is 1.03. The van der Waals surface area contributed by atoms with Crippen LogP contribution in [0, 0.1) is 6.92 Å². The molecule has 0 fully saturated rings. The van der Waals surface area contributed by atoms with Crippen molar-refractivity contribution >= 4 is 11.6 Å². The zero-order valence-corrected chi connectivity index (χ0v) is 9.97. The zero-order chi connectivity index (χ0) is 10.7. The van der Waals surface area contributed by atoms with E-state index in [9.17, 15) is 0 Å². The molecular formula is C10H18ClN3. The highest BCUT2D eigenvalue weighted by molar-refractivity contribution is 6.31. The van der Waals surface area contributed by atoms with Gasteiger partial charge in [0.25, 0.3) is 0 Å². The van der Waals surface area contributed by atoms with Crippen LogP contribution in [0.4, 0.5) is 0 Å². The third-order valence-electron chi connectivity index (χ3n) is 2.22. The molecule has 0 saturated heterocycles. The summed E-state index contributed by atoms with van der Waals surface area (Å²) in [4.78, 5) is 0. The van der Waals surface area contributed by atoms with Gasteiger partial charge in [0.2, 0.25) is 0 Å². The summed E-state index contributed by atoms with van der Waals surface area (Å²) in [5, 5.41) is 8.35. The van der Waals surface area contributed by atoms with Gasteiger partial charge >= 0.3 is 0 Å². The minimum absolute atomic E-state index is 0.338. The molecule has 1 heterocycles. The number of nitrogens with zero attached hydrogens (tertiary/aromatic N) is 2. The monoisotopic (exact) mass is 215 g/mol. The summed E-state index contributed by atoms with van der Waals surface area (Å²) < 4.78 is 1.96. The van der Waals surface area contributed by atoms with Gasteiger partial charge in [-0.15, -0.1) is 0 Å². The average molecular weight is 216 g/mol. The minimum atomic E-state index is 0.338. The highest BCUT2D eigenvalue weighted by Gasteiger charge is 2.10. The summed E-state index contributed by atoms with van der Waals surface area (Å²) >= 11 is 5.93. The lowest BCUT2D eigenvalue weighted by molar-refractivity contribution is 0.426. The van der Waals surface area contributed by atoms with Crippen molar-refractivity contribution in [2.75, 3.05) is 6.54 Å². The van der Waals surface area contributed by atoms with E-state index in [0.717, 1.165) is 17.3 Å². The normalized spacial score (nSPS) is 13.6. The fourth-order valence-electron chi connectivity index (χ4n) is 1.34. The van der Waals surface area contributed by atoms with Crippen LogP contribution in [0.2, 0.25) is 5.02 Å². The fourth-order valence-corrected chi connectivity index (χ4v) is 1.47. The average Bonchev–Trinajstić information content (AvgIpc) is 2.44. The van der Waals surface area contributed by atoms with E-state index in [0.29, 0.717) is 12.1 Å². The Hall–Kier alpha value is -0.540. The van der Waals surface area contributed by atoms with Crippen molar-refractivity contribution in [3.05, 3.63) is 16.9 Å². The second-order valence-corrected chi connectivity index (χ2v) is 4.34. The largest absolute Gasteiger partial charge is 0.312 e. The Morgan fingerprint density at radius 1 is 1.50 bits per heavy atom. The molecule has 1 unspecified atom stereocenters. The molecule has 14 heavy (non-hydrogen) atoms. The van der Waals surface area contributed by atoms with Crippen LogP contribution < -0.4 is 5.32 Å². The maximum Gasteiger partial charge on any atom is 0.0815 e. The lowest BCUT2D eigenvalue weighted by atomic mass is 10.3. The Balaban J connectivity index is 2.60. The van der Waals surface area contributed by atoms with Crippen LogP contribution >= 0.6 is 11.6 Å². The molecule has 0 aliphatic heterocycles. The lowest BCUT2D eigenvalue weighted by Gasteiger charge is -2.16. The summed E-state index contributed by atoms with van der Waals surface area (Å²) in [7, 11) is 0. The predicted molar refractivity (Wildman–Crippen MR) is 59.8 cm³/mol. The second kappa shape index (κ2) is 4.80. The molecule has 0 spiro atoms. The van der Waals surface area contributed by atoms with E-state index in [-0.39, 0.29) is 0 Å². The van der Waals surface area contributed by atoms with Crippen LogP contribution in [0.1, 0.15) is 32.5 Å². The SMILES string of the molecule is Cc1c(Cl)cnn1C(C)CNC(C)C. The molecule has 0 amide bonds. The highest BCUT2D eigenvalue weighted by atomic mass is 35.5. The first kappa shape index (κ1) is 11.5. The Morgan fingerprint density at radius 2 is 2.14 bits per heavy atom. The van der Waals surface area contributed by atoms with Gasteiger partial charge < -0.3 is 5.32 Å². The minimum Gasteiger partial charge on any atom is -0.312 e. The van der Waals surface area contributed by atoms with Gasteiger partial charge in [-0.2, -0.15) is 5.10 Å². The fraction of sp³-hybridized carbons (Fsp3) is 0.700. The Morgan fingerprint density at radius 3 is 2.57 bits per heavy atom. The van der Waals surface area contributed by atoms with E-state index in [4.69, 9.17) is 11.6 Å². The predicted octanol–water partition coefficient (Wildman–Crippen LogP) is 2.40. The van der Waals surface area contributed by atoms with Crippen molar-refractivity contribution < 1.29 is 0 Å². The molecule has 80 valence electrons. The standard InChI is InChI=1S/C10H18ClN3/c1-7(2)12-5-8(3)14-9(4)10(11)6-13-14/h6-8,12H,5H2,1-4H3. The van der Waals surface area contributed by atoms with Crippen molar-refractivity contribution in [3.63, 3.8) is 0 Å². The number of nitrogens with one attached hydrogen (secondary N) is 1. The van der Waals surface area contributed by atoms with Crippen molar-refractivity contribution in [1.29, 1.82) is 0 Å². The molecule has 0 radical (unpaired) electrons. The van der Waals surface area contributed by atoms with Gasteiger partial charge in [0.05, 0.1) is 23.0 Å². The molecule has 1 aromatic rings. The van der Waals surface area contributed by atoms with Gasteiger partial charge in [0, 0.05) is 12.6 Å². The smallest absolute Gasteiger partial charge is 0.0815 e. The lowest BCUT2D eigenvalue weighted by Crippen LogP contribution is -2.29. The molecule has 1 atom stereocenters. The third-order valence-corrected chi connectivity index (χ3v) is 2.59. The third kappa shape index (κ3) is 2.72. The van der Waals surface area contributed by atoms with Crippen LogP contribution in [-0.4, -0.2) is 22.4 Å². The maximum atomic E-state index is 5.93. The van der Waals surface area contributed by atoms with E-state index in [1.807, 2.05) is 11.6 Å². The van der Waals surface area contributed by atoms with E-state index < -0.39 is 0 Å². The maximum absolute atomic E-state index is 5.93. The van der Waals surface area contributed by atoms with E-state index in [1.165, 1.54) is 0 Å². The molecule has 0 aromatic carbocycles. The first-order valence-electron chi connectivity index (χ1n) is 4.95. The van der Waals surface area contributed by atoms with E-state index >= 15 is 0 Å². The van der Waals surface area contributed by atoms with Crippen molar-refractivity contribution in [1.82, 2.24) is 15.1 Å². The van der Waals surface area contributed by atoms with Crippen LogP contribution in [-0.2, 0) is 0 Å². The van der Waals surface area contributed by atoms with Crippen molar-refractivity contribution in [3.8, 4) is 0 Å². The van der Waals surface area contributed by atoms with Crippen LogP contribution in [0.25, 0.3) is 0 Å². The van der Waals surface area contributed by atoms with Gasteiger partial charge in [-0.05, 0) is 13.8 Å². The van der Waals surface area contributed by atoms with Crippen LogP contribution in [0.3, 0.4) is 0 Å². The molecule has 0 aliphatic carbocycles. The number of halogens is 1. The Kier molecular flexibility index (Phi) is 3.96. The highest BCUT2D eigenvalue weighted by Crippen LogP contribution is 2.17. The molecule has 1 N–H and O–H groups in total. The van der Waals surface area contributed by atoms with Gasteiger partial charge in [-0.25, -0.2) is 0 Å². The summed E-state index contributed by atoms with van der Waals surface area (Å²) in [6.07, 6.45) is 1.70. The number of hydrogen-bond acceptors (Lipinski definition) is 2. The van der Waals surface area contributed by atoms with E-state index in [2.05, 4.69) is 31.2 Å². The second-order valence-electron chi connectivity index (χ2n) is 3.93. The molecule has 0 saturated carbocycles. The zero-order valence-electron chi connectivity index (χ0n) is 9.21. The topological polar surface area (TPSA) is 29.9 Å². The summed E-state index contributed by atoms with van der Waals surface area (Å²) in [6.45, 7) is 9.30. The summed E-state index contributed by atoms with van der Waals surface area (Å²) in [5.74, 6) is 0. The van der Waals surface area contributed by atoms with Crippen LogP contribution in [0.15, 0.2) is 6.20 Å². The molecule has 3 nitrogen and oxygen atoms in total. The Bertz CT molecular complexity index is 294. The molecule has 1 aromatic heterocycles. The van der Waals surface area contributed by atoms with E-state index in [1.54, 1.807) is 6.20 Å². The quantitative estimate of drug-likeness (QED) is 0.836. The van der Waals surface area contributed by atoms with Crippen LogP contribution in [0.5, 0.6) is 0 Å². The molecule has 4 heteroatoms. The van der Waals surface area contributed by atoms with Crippen molar-refractivity contribution in [2.24, 2.45) is 0 Å². The molecule has 0 bridgehead atoms. The molecule has 1 rings (SSSR count).